The van der Waals surface area contributed by atoms with Crippen LogP contribution in [0, 0.1) is 6.92 Å². The zero-order valence-corrected chi connectivity index (χ0v) is 18.4. The van der Waals surface area contributed by atoms with Gasteiger partial charge in [0.05, 0.1) is 16.6 Å². The van der Waals surface area contributed by atoms with Gasteiger partial charge in [-0.05, 0) is 43.5 Å². The van der Waals surface area contributed by atoms with Crippen molar-refractivity contribution in [1.29, 1.82) is 0 Å². The summed E-state index contributed by atoms with van der Waals surface area (Å²) in [6.45, 7) is 3.94. The highest BCUT2D eigenvalue weighted by Gasteiger charge is 2.29. The van der Waals surface area contributed by atoms with E-state index in [0.29, 0.717) is 0 Å². The topological polar surface area (TPSA) is 73.0 Å². The maximum absolute atomic E-state index is 13.3. The van der Waals surface area contributed by atoms with Gasteiger partial charge in [-0.25, -0.2) is 4.98 Å². The number of aromatic nitrogens is 2. The number of benzene rings is 1. The number of pyridine rings is 1. The van der Waals surface area contributed by atoms with Crippen molar-refractivity contribution in [3.05, 3.63) is 71.0 Å². The van der Waals surface area contributed by atoms with Crippen LogP contribution < -0.4 is 15.5 Å². The fourth-order valence-corrected chi connectivity index (χ4v) is 5.43. The SMILES string of the molecule is Cc1c[nH]c2nccc(N3C=C(C(=O)NC(c4ccccc4)[C@H]4CCCN4)SCC3)c12. The average molecular weight is 434 g/mol. The molecule has 160 valence electrons. The van der Waals surface area contributed by atoms with Crippen molar-refractivity contribution < 1.29 is 4.79 Å². The summed E-state index contributed by atoms with van der Waals surface area (Å²) >= 11 is 1.62. The van der Waals surface area contributed by atoms with E-state index in [1.807, 2.05) is 42.9 Å². The number of H-pyrrole nitrogens is 1. The lowest BCUT2D eigenvalue weighted by atomic mass is 9.98. The first-order chi connectivity index (χ1) is 15.2. The van der Waals surface area contributed by atoms with Crippen LogP contribution in [0.15, 0.2) is 59.9 Å². The Morgan fingerprint density at radius 3 is 2.97 bits per heavy atom. The summed E-state index contributed by atoms with van der Waals surface area (Å²) in [7, 11) is 0. The summed E-state index contributed by atoms with van der Waals surface area (Å²) in [4.78, 5) is 23.9. The number of hydrogen-bond acceptors (Lipinski definition) is 5. The number of amides is 1. The number of aromatic amines is 1. The van der Waals surface area contributed by atoms with Crippen LogP contribution in [0.2, 0.25) is 0 Å². The van der Waals surface area contributed by atoms with Crippen molar-refractivity contribution in [2.24, 2.45) is 0 Å². The molecular formula is C24H27N5OS. The first-order valence-electron chi connectivity index (χ1n) is 10.8. The van der Waals surface area contributed by atoms with Crippen molar-refractivity contribution in [2.75, 3.05) is 23.7 Å². The van der Waals surface area contributed by atoms with Gasteiger partial charge in [0.2, 0.25) is 0 Å². The average Bonchev–Trinajstić information content (AvgIpc) is 3.48. The van der Waals surface area contributed by atoms with Gasteiger partial charge in [-0.3, -0.25) is 4.79 Å². The van der Waals surface area contributed by atoms with E-state index in [2.05, 4.69) is 44.6 Å². The second-order valence-electron chi connectivity index (χ2n) is 8.13. The molecule has 6 nitrogen and oxygen atoms in total. The molecule has 0 radical (unpaired) electrons. The third-order valence-electron chi connectivity index (χ3n) is 6.09. The number of aryl methyl sites for hydroxylation is 1. The molecule has 0 saturated carbocycles. The molecule has 1 aromatic carbocycles. The van der Waals surface area contributed by atoms with Crippen LogP contribution in [-0.2, 0) is 4.79 Å². The van der Waals surface area contributed by atoms with E-state index < -0.39 is 0 Å². The van der Waals surface area contributed by atoms with Crippen LogP contribution in [0.5, 0.6) is 0 Å². The van der Waals surface area contributed by atoms with Crippen LogP contribution in [0.3, 0.4) is 0 Å². The Labute approximate surface area is 186 Å². The summed E-state index contributed by atoms with van der Waals surface area (Å²) in [5, 5.41) is 8.00. The van der Waals surface area contributed by atoms with Gasteiger partial charge in [-0.2, -0.15) is 0 Å². The molecule has 3 aromatic rings. The molecule has 3 N–H and O–H groups in total. The number of rotatable bonds is 5. The minimum atomic E-state index is -0.0346. The highest BCUT2D eigenvalue weighted by atomic mass is 32.2. The molecule has 31 heavy (non-hydrogen) atoms. The van der Waals surface area contributed by atoms with E-state index in [0.717, 1.165) is 64.4 Å². The number of fused-ring (bicyclic) bond motifs is 1. The van der Waals surface area contributed by atoms with E-state index in [1.54, 1.807) is 11.8 Å². The van der Waals surface area contributed by atoms with Crippen molar-refractivity contribution in [3.8, 4) is 0 Å². The van der Waals surface area contributed by atoms with Gasteiger partial charge >= 0.3 is 0 Å². The number of nitrogens with one attached hydrogen (secondary N) is 3. The number of carbonyl (C=O) groups excluding carboxylic acids is 1. The lowest BCUT2D eigenvalue weighted by molar-refractivity contribution is -0.117. The van der Waals surface area contributed by atoms with Gasteiger partial charge in [0.1, 0.15) is 5.65 Å². The third-order valence-corrected chi connectivity index (χ3v) is 7.08. The van der Waals surface area contributed by atoms with E-state index in [-0.39, 0.29) is 18.0 Å². The molecule has 1 saturated heterocycles. The van der Waals surface area contributed by atoms with Gasteiger partial charge in [0.25, 0.3) is 5.91 Å². The second-order valence-corrected chi connectivity index (χ2v) is 9.26. The number of nitrogens with zero attached hydrogens (tertiary/aromatic N) is 2. The fourth-order valence-electron chi connectivity index (χ4n) is 4.53. The minimum Gasteiger partial charge on any atom is -0.346 e. The summed E-state index contributed by atoms with van der Waals surface area (Å²) < 4.78 is 0. The van der Waals surface area contributed by atoms with E-state index >= 15 is 0 Å². The Morgan fingerprint density at radius 1 is 1.29 bits per heavy atom. The van der Waals surface area contributed by atoms with E-state index in [1.165, 1.54) is 0 Å². The first kappa shape index (κ1) is 20.2. The predicted molar refractivity (Wildman–Crippen MR) is 127 cm³/mol. The lowest BCUT2D eigenvalue weighted by Crippen LogP contribution is -2.41. The molecule has 2 atom stereocenters. The van der Waals surface area contributed by atoms with Crippen LogP contribution in [0.4, 0.5) is 5.69 Å². The van der Waals surface area contributed by atoms with E-state index in [4.69, 9.17) is 0 Å². The van der Waals surface area contributed by atoms with Crippen molar-refractivity contribution in [2.45, 2.75) is 31.8 Å². The molecule has 7 heteroatoms. The Kier molecular flexibility index (Phi) is 5.70. The van der Waals surface area contributed by atoms with Gasteiger partial charge in [-0.1, -0.05) is 30.3 Å². The molecule has 2 aliphatic heterocycles. The van der Waals surface area contributed by atoms with Crippen LogP contribution >= 0.6 is 11.8 Å². The normalized spacial score (nSPS) is 20.0. The smallest absolute Gasteiger partial charge is 0.259 e. The Hall–Kier alpha value is -2.77. The monoisotopic (exact) mass is 433 g/mol. The highest BCUT2D eigenvalue weighted by Crippen LogP contribution is 2.33. The van der Waals surface area contributed by atoms with Crippen molar-refractivity contribution in [3.63, 3.8) is 0 Å². The molecule has 4 heterocycles. The molecule has 0 aliphatic carbocycles. The van der Waals surface area contributed by atoms with Crippen LogP contribution in [0.1, 0.15) is 30.0 Å². The maximum atomic E-state index is 13.3. The number of hydrogen-bond donors (Lipinski definition) is 3. The molecule has 1 amide bonds. The van der Waals surface area contributed by atoms with Gasteiger partial charge < -0.3 is 20.5 Å². The predicted octanol–water partition coefficient (Wildman–Crippen LogP) is 3.88. The number of thioether (sulfide) groups is 1. The number of anilines is 1. The molecule has 2 aliphatic rings. The molecular weight excluding hydrogens is 406 g/mol. The summed E-state index contributed by atoms with van der Waals surface area (Å²) in [5.74, 6) is 0.859. The maximum Gasteiger partial charge on any atom is 0.259 e. The molecule has 2 aromatic heterocycles. The largest absolute Gasteiger partial charge is 0.346 e. The second kappa shape index (κ2) is 8.77. The molecule has 1 fully saturated rings. The quantitative estimate of drug-likeness (QED) is 0.570. The molecule has 0 bridgehead atoms. The molecule has 0 spiro atoms. The summed E-state index contributed by atoms with van der Waals surface area (Å²) in [6, 6.07) is 12.5. The molecule has 5 rings (SSSR count). The van der Waals surface area contributed by atoms with Crippen LogP contribution in [-0.4, -0.2) is 40.8 Å². The Bertz CT molecular complexity index is 1100. The van der Waals surface area contributed by atoms with Crippen molar-refractivity contribution >= 4 is 34.4 Å². The highest BCUT2D eigenvalue weighted by molar-refractivity contribution is 8.04. The lowest BCUT2D eigenvalue weighted by Gasteiger charge is -2.29. The fraction of sp³-hybridized carbons (Fsp3) is 0.333. The first-order valence-corrected chi connectivity index (χ1v) is 11.8. The Morgan fingerprint density at radius 2 is 2.16 bits per heavy atom. The Balaban J connectivity index is 1.41. The standard InChI is InChI=1S/C24H27N5OS/c1-16-14-27-23-21(16)19(9-11-26-23)29-12-13-31-20(15-29)24(30)28-22(18-8-5-10-25-18)17-6-3-2-4-7-17/h2-4,6-7,9,11,14-15,18,22,25H,5,8,10,12-13H2,1H3,(H,26,27)(H,28,30)/t18-,22?/m1/s1. The summed E-state index contributed by atoms with van der Waals surface area (Å²) in [5.41, 5.74) is 4.27. The number of carbonyl (C=O) groups is 1. The minimum absolute atomic E-state index is 0.00616. The summed E-state index contributed by atoms with van der Waals surface area (Å²) in [6.07, 6.45) is 8.01. The third kappa shape index (κ3) is 4.07. The zero-order chi connectivity index (χ0) is 21.2. The van der Waals surface area contributed by atoms with Crippen molar-refractivity contribution in [1.82, 2.24) is 20.6 Å². The van der Waals surface area contributed by atoms with Gasteiger partial charge in [0, 0.05) is 42.3 Å². The molecule has 1 unspecified atom stereocenters. The van der Waals surface area contributed by atoms with Gasteiger partial charge in [0.15, 0.2) is 0 Å². The zero-order valence-electron chi connectivity index (χ0n) is 17.6. The van der Waals surface area contributed by atoms with Crippen LogP contribution in [0.25, 0.3) is 11.0 Å². The van der Waals surface area contributed by atoms with E-state index in [9.17, 15) is 4.79 Å². The van der Waals surface area contributed by atoms with Gasteiger partial charge in [-0.15, -0.1) is 11.8 Å².